The topological polar surface area (TPSA) is 20.2 Å². The Morgan fingerprint density at radius 2 is 1.63 bits per heavy atom. The molecule has 1 unspecified atom stereocenters. The minimum atomic E-state index is -0.915. The number of halogens is 1. The highest BCUT2D eigenvalue weighted by molar-refractivity contribution is 6.31. The van der Waals surface area contributed by atoms with E-state index in [4.69, 9.17) is 11.6 Å². The Morgan fingerprint density at radius 1 is 1.05 bits per heavy atom. The van der Waals surface area contributed by atoms with Gasteiger partial charge in [-0.2, -0.15) is 0 Å². The summed E-state index contributed by atoms with van der Waals surface area (Å²) in [7, 11) is 0. The van der Waals surface area contributed by atoms with E-state index in [0.717, 1.165) is 22.3 Å². The fourth-order valence-corrected chi connectivity index (χ4v) is 2.60. The minimum absolute atomic E-state index is 0.509. The molecule has 2 aromatic carbocycles. The van der Waals surface area contributed by atoms with E-state index in [1.54, 1.807) is 0 Å². The van der Waals surface area contributed by atoms with Gasteiger partial charge in [0.05, 0.1) is 5.60 Å². The third-order valence-corrected chi connectivity index (χ3v) is 3.70. The maximum absolute atomic E-state index is 10.8. The quantitative estimate of drug-likeness (QED) is 0.879. The lowest BCUT2D eigenvalue weighted by Gasteiger charge is -2.25. The number of benzene rings is 2. The molecule has 1 nitrogen and oxygen atoms in total. The largest absolute Gasteiger partial charge is 0.385 e. The Hall–Kier alpha value is -1.31. The van der Waals surface area contributed by atoms with Crippen LogP contribution in [0.2, 0.25) is 5.02 Å². The van der Waals surface area contributed by atoms with Crippen molar-refractivity contribution in [3.63, 3.8) is 0 Å². The van der Waals surface area contributed by atoms with Gasteiger partial charge in [-0.05, 0) is 38.0 Å². The van der Waals surface area contributed by atoms with Crippen LogP contribution in [0.3, 0.4) is 0 Å². The van der Waals surface area contributed by atoms with Gasteiger partial charge in [-0.1, -0.05) is 59.1 Å². The van der Waals surface area contributed by atoms with Crippen LogP contribution in [0.25, 0.3) is 0 Å². The summed E-state index contributed by atoms with van der Waals surface area (Å²) < 4.78 is 0. The van der Waals surface area contributed by atoms with E-state index in [-0.39, 0.29) is 0 Å². The number of hydrogen-bond donors (Lipinski definition) is 1. The third kappa shape index (κ3) is 3.37. The number of aliphatic hydroxyl groups is 1. The molecular formula is C17H19ClO. The molecular weight excluding hydrogens is 256 g/mol. The Kier molecular flexibility index (Phi) is 3.98. The standard InChI is InChI=1S/C17H19ClO/c1-12-8-13(2)10-15(9-12)17(3,19)11-14-6-4-5-7-16(14)18/h4-10,19H,11H2,1-3H3. The lowest BCUT2D eigenvalue weighted by atomic mass is 9.87. The van der Waals surface area contributed by atoms with Crippen molar-refractivity contribution in [2.24, 2.45) is 0 Å². The fraction of sp³-hybridized carbons (Fsp3) is 0.294. The summed E-state index contributed by atoms with van der Waals surface area (Å²) >= 11 is 6.17. The molecule has 0 saturated carbocycles. The van der Waals surface area contributed by atoms with Crippen LogP contribution in [-0.4, -0.2) is 5.11 Å². The molecule has 0 aliphatic rings. The van der Waals surface area contributed by atoms with Crippen molar-refractivity contribution < 1.29 is 5.11 Å². The van der Waals surface area contributed by atoms with E-state index in [1.165, 1.54) is 0 Å². The first kappa shape index (κ1) is 14.1. The predicted octanol–water partition coefficient (Wildman–Crippen LogP) is 4.41. The molecule has 0 saturated heterocycles. The highest BCUT2D eigenvalue weighted by atomic mass is 35.5. The highest BCUT2D eigenvalue weighted by Gasteiger charge is 2.24. The molecule has 0 amide bonds. The average Bonchev–Trinajstić information content (AvgIpc) is 2.31. The van der Waals surface area contributed by atoms with Crippen LogP contribution >= 0.6 is 11.6 Å². The van der Waals surface area contributed by atoms with Crippen LogP contribution in [-0.2, 0) is 12.0 Å². The first-order valence-corrected chi connectivity index (χ1v) is 6.81. The van der Waals surface area contributed by atoms with Crippen molar-refractivity contribution in [3.05, 3.63) is 69.7 Å². The second-order valence-electron chi connectivity index (χ2n) is 5.42. The lowest BCUT2D eigenvalue weighted by Crippen LogP contribution is -2.24. The summed E-state index contributed by atoms with van der Waals surface area (Å²) in [6, 6.07) is 13.8. The van der Waals surface area contributed by atoms with Crippen LogP contribution in [0.15, 0.2) is 42.5 Å². The van der Waals surface area contributed by atoms with Gasteiger partial charge in [0.1, 0.15) is 0 Å². The van der Waals surface area contributed by atoms with E-state index in [9.17, 15) is 5.11 Å². The third-order valence-electron chi connectivity index (χ3n) is 3.34. The van der Waals surface area contributed by atoms with Gasteiger partial charge in [0.25, 0.3) is 0 Å². The van der Waals surface area contributed by atoms with E-state index in [2.05, 4.69) is 6.07 Å². The molecule has 0 aliphatic carbocycles. The maximum Gasteiger partial charge on any atom is 0.0909 e. The summed E-state index contributed by atoms with van der Waals surface area (Å²) in [5, 5.41) is 11.5. The van der Waals surface area contributed by atoms with Crippen LogP contribution < -0.4 is 0 Å². The maximum atomic E-state index is 10.8. The summed E-state index contributed by atoms with van der Waals surface area (Å²) in [5.74, 6) is 0. The zero-order valence-corrected chi connectivity index (χ0v) is 12.3. The molecule has 1 N–H and O–H groups in total. The van der Waals surface area contributed by atoms with Gasteiger partial charge in [-0.25, -0.2) is 0 Å². The highest BCUT2D eigenvalue weighted by Crippen LogP contribution is 2.29. The van der Waals surface area contributed by atoms with E-state index in [0.29, 0.717) is 11.4 Å². The van der Waals surface area contributed by atoms with Crippen molar-refractivity contribution in [2.75, 3.05) is 0 Å². The molecule has 0 fully saturated rings. The molecule has 2 rings (SSSR count). The molecule has 19 heavy (non-hydrogen) atoms. The summed E-state index contributed by atoms with van der Waals surface area (Å²) in [6.45, 7) is 5.93. The fourth-order valence-electron chi connectivity index (χ4n) is 2.40. The Labute approximate surface area is 119 Å². The normalized spacial score (nSPS) is 14.2. The summed E-state index contributed by atoms with van der Waals surface area (Å²) in [4.78, 5) is 0. The van der Waals surface area contributed by atoms with Gasteiger partial charge >= 0.3 is 0 Å². The molecule has 0 aromatic heterocycles. The molecule has 0 heterocycles. The number of aryl methyl sites for hydroxylation is 2. The van der Waals surface area contributed by atoms with Gasteiger partial charge < -0.3 is 5.11 Å². The Bertz CT molecular complexity index is 567. The minimum Gasteiger partial charge on any atom is -0.385 e. The molecule has 0 spiro atoms. The van der Waals surface area contributed by atoms with E-state index >= 15 is 0 Å². The Balaban J connectivity index is 2.34. The second-order valence-corrected chi connectivity index (χ2v) is 5.83. The van der Waals surface area contributed by atoms with E-state index in [1.807, 2.05) is 57.2 Å². The monoisotopic (exact) mass is 274 g/mol. The zero-order chi connectivity index (χ0) is 14.0. The Morgan fingerprint density at radius 3 is 2.21 bits per heavy atom. The molecule has 0 bridgehead atoms. The average molecular weight is 275 g/mol. The second kappa shape index (κ2) is 5.36. The first-order chi connectivity index (χ1) is 8.88. The lowest BCUT2D eigenvalue weighted by molar-refractivity contribution is 0.0575. The van der Waals surface area contributed by atoms with Crippen molar-refractivity contribution in [3.8, 4) is 0 Å². The molecule has 0 radical (unpaired) electrons. The predicted molar refractivity (Wildman–Crippen MR) is 80.6 cm³/mol. The number of rotatable bonds is 3. The van der Waals surface area contributed by atoms with Gasteiger partial charge in [0, 0.05) is 11.4 Å². The van der Waals surface area contributed by atoms with Gasteiger partial charge in [0.2, 0.25) is 0 Å². The van der Waals surface area contributed by atoms with Crippen molar-refractivity contribution >= 4 is 11.6 Å². The SMILES string of the molecule is Cc1cc(C)cc(C(C)(O)Cc2ccccc2Cl)c1. The van der Waals surface area contributed by atoms with Crippen LogP contribution in [0.4, 0.5) is 0 Å². The molecule has 2 aromatic rings. The van der Waals surface area contributed by atoms with Crippen LogP contribution in [0.5, 0.6) is 0 Å². The van der Waals surface area contributed by atoms with Gasteiger partial charge in [0.15, 0.2) is 0 Å². The smallest absolute Gasteiger partial charge is 0.0909 e. The molecule has 2 heteroatoms. The molecule has 1 atom stereocenters. The van der Waals surface area contributed by atoms with Crippen LogP contribution in [0, 0.1) is 13.8 Å². The van der Waals surface area contributed by atoms with Crippen molar-refractivity contribution in [1.29, 1.82) is 0 Å². The number of hydrogen-bond acceptors (Lipinski definition) is 1. The molecule has 100 valence electrons. The molecule has 0 aliphatic heterocycles. The summed E-state index contributed by atoms with van der Waals surface area (Å²) in [6.07, 6.45) is 0.509. The van der Waals surface area contributed by atoms with Gasteiger partial charge in [-0.3, -0.25) is 0 Å². The zero-order valence-electron chi connectivity index (χ0n) is 11.6. The van der Waals surface area contributed by atoms with E-state index < -0.39 is 5.60 Å². The first-order valence-electron chi connectivity index (χ1n) is 6.43. The van der Waals surface area contributed by atoms with Gasteiger partial charge in [-0.15, -0.1) is 0 Å². The van der Waals surface area contributed by atoms with Crippen LogP contribution in [0.1, 0.15) is 29.2 Å². The van der Waals surface area contributed by atoms with Crippen molar-refractivity contribution in [2.45, 2.75) is 32.8 Å². The summed E-state index contributed by atoms with van der Waals surface area (Å²) in [5.41, 5.74) is 3.31. The van der Waals surface area contributed by atoms with Crippen molar-refractivity contribution in [1.82, 2.24) is 0 Å².